The molecule has 0 saturated carbocycles. The zero-order valence-electron chi connectivity index (χ0n) is 10.3. The smallest absolute Gasteiger partial charge is 0.340 e. The third-order valence-corrected chi connectivity index (χ3v) is 2.37. The molecule has 1 aromatic rings. The quantitative estimate of drug-likeness (QED) is 0.755. The van der Waals surface area contributed by atoms with Crippen LogP contribution < -0.4 is 10.6 Å². The highest BCUT2D eigenvalue weighted by molar-refractivity contribution is 5.97. The monoisotopic (exact) mass is 239 g/mol. The van der Waals surface area contributed by atoms with Gasteiger partial charge in [0.05, 0.1) is 25.0 Å². The summed E-state index contributed by atoms with van der Waals surface area (Å²) >= 11 is 0. The van der Waals surface area contributed by atoms with Crippen molar-refractivity contribution in [3.05, 3.63) is 17.8 Å². The minimum Gasteiger partial charge on any atom is -0.465 e. The fraction of sp³-hybridized carbons (Fsp3) is 0.455. The number of likely N-dealkylation sites (N-methyl/N-ethyl adjacent to an activating group) is 1. The zero-order chi connectivity index (χ0) is 12.8. The number of carbonyl (C=O) groups excluding carboxylic acids is 1. The van der Waals surface area contributed by atoms with E-state index >= 15 is 0 Å². The third-order valence-electron chi connectivity index (χ3n) is 2.37. The maximum Gasteiger partial charge on any atom is 0.340 e. The van der Waals surface area contributed by atoms with E-state index in [1.165, 1.54) is 19.4 Å². The first-order valence-electron chi connectivity index (χ1n) is 5.14. The third kappa shape index (κ3) is 3.07. The van der Waals surface area contributed by atoms with Gasteiger partial charge in [-0.15, -0.1) is 0 Å². The number of nitrogens with two attached hydrogens (primary N) is 1. The van der Waals surface area contributed by atoms with E-state index in [1.54, 1.807) is 7.11 Å². The number of hydrogen-bond donors (Lipinski definition) is 1. The molecule has 0 amide bonds. The van der Waals surface area contributed by atoms with Crippen LogP contribution in [0.3, 0.4) is 0 Å². The number of pyridine rings is 1. The Kier molecular flexibility index (Phi) is 4.71. The van der Waals surface area contributed by atoms with Gasteiger partial charge in [0.15, 0.2) is 5.82 Å². The number of ether oxygens (including phenoxy) is 2. The van der Waals surface area contributed by atoms with Crippen molar-refractivity contribution in [3.63, 3.8) is 0 Å². The normalized spacial score (nSPS) is 10.1. The van der Waals surface area contributed by atoms with E-state index in [1.807, 2.05) is 11.9 Å². The molecule has 0 aromatic carbocycles. The minimum absolute atomic E-state index is 0.318. The molecule has 0 unspecified atom stereocenters. The predicted molar refractivity (Wildman–Crippen MR) is 65.1 cm³/mol. The number of anilines is 2. The van der Waals surface area contributed by atoms with Crippen molar-refractivity contribution in [1.29, 1.82) is 0 Å². The molecule has 0 saturated heterocycles. The molecule has 1 rings (SSSR count). The van der Waals surface area contributed by atoms with Gasteiger partial charge in [-0.2, -0.15) is 0 Å². The molecule has 6 nitrogen and oxygen atoms in total. The number of methoxy groups -OCH3 is 2. The van der Waals surface area contributed by atoms with Crippen molar-refractivity contribution in [2.75, 3.05) is 45.1 Å². The number of carbonyl (C=O) groups is 1. The fourth-order valence-corrected chi connectivity index (χ4v) is 1.39. The van der Waals surface area contributed by atoms with Crippen molar-refractivity contribution < 1.29 is 14.3 Å². The molecular formula is C11H17N3O3. The molecule has 0 aliphatic carbocycles. The lowest BCUT2D eigenvalue weighted by atomic mass is 10.2. The molecule has 17 heavy (non-hydrogen) atoms. The summed E-state index contributed by atoms with van der Waals surface area (Å²) in [5.41, 5.74) is 6.53. The van der Waals surface area contributed by atoms with Gasteiger partial charge in [-0.25, -0.2) is 9.78 Å². The SMILES string of the molecule is COCCN(C)c1nccc(C(=O)OC)c1N. The summed E-state index contributed by atoms with van der Waals surface area (Å²) in [6.45, 7) is 1.19. The highest BCUT2D eigenvalue weighted by atomic mass is 16.5. The first-order valence-corrected chi connectivity index (χ1v) is 5.14. The van der Waals surface area contributed by atoms with E-state index in [9.17, 15) is 4.79 Å². The molecule has 0 atom stereocenters. The van der Waals surface area contributed by atoms with Gasteiger partial charge in [0.25, 0.3) is 0 Å². The summed E-state index contributed by atoms with van der Waals surface area (Å²) in [4.78, 5) is 17.4. The maximum atomic E-state index is 11.4. The molecule has 0 fully saturated rings. The van der Waals surface area contributed by atoms with Gasteiger partial charge in [-0.1, -0.05) is 0 Å². The van der Waals surface area contributed by atoms with E-state index in [0.717, 1.165) is 0 Å². The lowest BCUT2D eigenvalue weighted by Crippen LogP contribution is -2.25. The Morgan fingerprint density at radius 1 is 1.53 bits per heavy atom. The van der Waals surface area contributed by atoms with E-state index in [2.05, 4.69) is 9.72 Å². The van der Waals surface area contributed by atoms with E-state index in [-0.39, 0.29) is 0 Å². The van der Waals surface area contributed by atoms with Gasteiger partial charge < -0.3 is 20.1 Å². The molecule has 2 N–H and O–H groups in total. The number of aromatic nitrogens is 1. The summed E-state index contributed by atoms with van der Waals surface area (Å²) in [6.07, 6.45) is 1.53. The van der Waals surface area contributed by atoms with Crippen LogP contribution in [0.4, 0.5) is 11.5 Å². The van der Waals surface area contributed by atoms with Crippen molar-refractivity contribution in [2.45, 2.75) is 0 Å². The molecule has 6 heteroatoms. The van der Waals surface area contributed by atoms with Gasteiger partial charge in [0.2, 0.25) is 0 Å². The van der Waals surface area contributed by atoms with Gasteiger partial charge in [0, 0.05) is 26.9 Å². The largest absolute Gasteiger partial charge is 0.465 e. The molecular weight excluding hydrogens is 222 g/mol. The predicted octanol–water partition coefficient (Wildman–Crippen LogP) is 0.533. The Morgan fingerprint density at radius 2 is 2.24 bits per heavy atom. The number of esters is 1. The molecule has 94 valence electrons. The van der Waals surface area contributed by atoms with Crippen molar-refractivity contribution in [2.24, 2.45) is 0 Å². The van der Waals surface area contributed by atoms with Crippen LogP contribution in [0.15, 0.2) is 12.3 Å². The van der Waals surface area contributed by atoms with E-state index < -0.39 is 5.97 Å². The topological polar surface area (TPSA) is 77.7 Å². The van der Waals surface area contributed by atoms with Crippen LogP contribution in [-0.4, -0.2) is 45.4 Å². The second-order valence-corrected chi connectivity index (χ2v) is 3.50. The lowest BCUT2D eigenvalue weighted by Gasteiger charge is -2.20. The summed E-state index contributed by atoms with van der Waals surface area (Å²) in [5.74, 6) is 0.0799. The Bertz CT molecular complexity index is 396. The molecule has 0 bridgehead atoms. The Hall–Kier alpha value is -1.82. The van der Waals surface area contributed by atoms with Crippen molar-refractivity contribution in [3.8, 4) is 0 Å². The number of rotatable bonds is 5. The summed E-state index contributed by atoms with van der Waals surface area (Å²) in [6, 6.07) is 1.54. The average Bonchev–Trinajstić information content (AvgIpc) is 2.35. The van der Waals surface area contributed by atoms with Gasteiger partial charge in [-0.3, -0.25) is 0 Å². The fourth-order valence-electron chi connectivity index (χ4n) is 1.39. The van der Waals surface area contributed by atoms with E-state index in [0.29, 0.717) is 30.2 Å². The number of nitrogen functional groups attached to an aromatic ring is 1. The number of hydrogen-bond acceptors (Lipinski definition) is 6. The Balaban J connectivity index is 2.97. The number of nitrogens with zero attached hydrogens (tertiary/aromatic N) is 2. The first-order chi connectivity index (χ1) is 8.11. The standard InChI is InChI=1S/C11H17N3O3/c1-14(6-7-16-2)10-9(12)8(4-5-13-10)11(15)17-3/h4-5H,6-7,12H2,1-3H3. The van der Waals surface area contributed by atoms with Crippen LogP contribution >= 0.6 is 0 Å². The van der Waals surface area contributed by atoms with Gasteiger partial charge in [0.1, 0.15) is 0 Å². The molecule has 0 aliphatic heterocycles. The highest BCUT2D eigenvalue weighted by Crippen LogP contribution is 2.23. The maximum absolute atomic E-state index is 11.4. The Morgan fingerprint density at radius 3 is 2.82 bits per heavy atom. The lowest BCUT2D eigenvalue weighted by molar-refractivity contribution is 0.0602. The first kappa shape index (κ1) is 13.2. The van der Waals surface area contributed by atoms with Crippen LogP contribution in [0, 0.1) is 0 Å². The van der Waals surface area contributed by atoms with Crippen LogP contribution in [0.2, 0.25) is 0 Å². The van der Waals surface area contributed by atoms with Crippen molar-refractivity contribution >= 4 is 17.5 Å². The van der Waals surface area contributed by atoms with Crippen LogP contribution in [0.1, 0.15) is 10.4 Å². The summed E-state index contributed by atoms with van der Waals surface area (Å²) < 4.78 is 9.61. The molecule has 0 spiro atoms. The van der Waals surface area contributed by atoms with E-state index in [4.69, 9.17) is 10.5 Å². The van der Waals surface area contributed by atoms with Gasteiger partial charge in [-0.05, 0) is 6.07 Å². The molecule has 0 radical (unpaired) electrons. The zero-order valence-corrected chi connectivity index (χ0v) is 10.3. The molecule has 0 aliphatic rings. The van der Waals surface area contributed by atoms with Crippen LogP contribution in [-0.2, 0) is 9.47 Å². The van der Waals surface area contributed by atoms with Crippen molar-refractivity contribution in [1.82, 2.24) is 4.98 Å². The second-order valence-electron chi connectivity index (χ2n) is 3.50. The average molecular weight is 239 g/mol. The highest BCUT2D eigenvalue weighted by Gasteiger charge is 2.15. The second kappa shape index (κ2) is 6.05. The summed E-state index contributed by atoms with van der Waals surface area (Å²) in [7, 11) is 4.77. The minimum atomic E-state index is -0.466. The van der Waals surface area contributed by atoms with Crippen LogP contribution in [0.25, 0.3) is 0 Å². The summed E-state index contributed by atoms with van der Waals surface area (Å²) in [5, 5.41) is 0. The van der Waals surface area contributed by atoms with Crippen LogP contribution in [0.5, 0.6) is 0 Å². The van der Waals surface area contributed by atoms with Gasteiger partial charge >= 0.3 is 5.97 Å². The Labute approximate surface area is 100 Å². The molecule has 1 aromatic heterocycles. The molecule has 1 heterocycles.